The van der Waals surface area contributed by atoms with Crippen LogP contribution in [0.1, 0.15) is 0 Å². The fraction of sp³-hybridized carbons (Fsp3) is 0. The second-order valence-corrected chi connectivity index (χ2v) is 6.47. The van der Waals surface area contributed by atoms with Crippen LogP contribution in [0, 0.1) is 0 Å². The van der Waals surface area contributed by atoms with Crippen molar-refractivity contribution >= 4 is 22.1 Å². The Morgan fingerprint density at radius 2 is 1.90 bits per heavy atom. The van der Waals surface area contributed by atoms with Crippen LogP contribution in [0.3, 0.4) is 0 Å². The highest BCUT2D eigenvalue weighted by molar-refractivity contribution is 5.96. The van der Waals surface area contributed by atoms with Crippen LogP contribution in [-0.2, 0) is 0 Å². The first kappa shape index (κ1) is 15.6. The Balaban J connectivity index is 1.53. The van der Waals surface area contributed by atoms with Gasteiger partial charge in [-0.3, -0.25) is 10.1 Å². The monoisotopic (exact) mass is 380 g/mol. The molecule has 6 heterocycles. The first-order valence-corrected chi connectivity index (χ1v) is 8.84. The Morgan fingerprint density at radius 3 is 2.76 bits per heavy atom. The van der Waals surface area contributed by atoms with Crippen LogP contribution in [0.15, 0.2) is 66.3 Å². The first-order chi connectivity index (χ1) is 14.4. The minimum absolute atomic E-state index is 0.612. The van der Waals surface area contributed by atoms with Crippen molar-refractivity contribution in [2.24, 2.45) is 0 Å². The lowest BCUT2D eigenvalue weighted by Gasteiger charge is -2.00. The SMILES string of the molecule is c1ncc(-c2cc3c(-c4nc5nccc(-c6ccoc6)c5[nH]4)n[nH]c3cn2)cn1. The number of rotatable bonds is 3. The quantitative estimate of drug-likeness (QED) is 0.481. The predicted octanol–water partition coefficient (Wildman–Crippen LogP) is 3.61. The number of aromatic nitrogens is 8. The van der Waals surface area contributed by atoms with Crippen LogP contribution in [0.5, 0.6) is 0 Å². The van der Waals surface area contributed by atoms with Gasteiger partial charge >= 0.3 is 0 Å². The van der Waals surface area contributed by atoms with Gasteiger partial charge in [0.05, 0.1) is 35.5 Å². The number of nitrogens with zero attached hydrogens (tertiary/aromatic N) is 6. The lowest BCUT2D eigenvalue weighted by atomic mass is 10.1. The van der Waals surface area contributed by atoms with Crippen molar-refractivity contribution in [2.75, 3.05) is 0 Å². The first-order valence-electron chi connectivity index (χ1n) is 8.84. The fourth-order valence-electron chi connectivity index (χ4n) is 3.37. The van der Waals surface area contributed by atoms with Crippen LogP contribution >= 0.6 is 0 Å². The number of pyridine rings is 2. The molecule has 9 heteroatoms. The zero-order valence-corrected chi connectivity index (χ0v) is 14.9. The van der Waals surface area contributed by atoms with E-state index in [-0.39, 0.29) is 0 Å². The zero-order chi connectivity index (χ0) is 19.2. The number of imidazole rings is 1. The highest BCUT2D eigenvalue weighted by Crippen LogP contribution is 2.31. The van der Waals surface area contributed by atoms with Gasteiger partial charge in [-0.15, -0.1) is 0 Å². The van der Waals surface area contributed by atoms with Crippen molar-refractivity contribution in [1.29, 1.82) is 0 Å². The Labute approximate surface area is 162 Å². The van der Waals surface area contributed by atoms with Crippen molar-refractivity contribution in [3.63, 3.8) is 0 Å². The smallest absolute Gasteiger partial charge is 0.178 e. The number of furan rings is 1. The minimum atomic E-state index is 0.612. The number of fused-ring (bicyclic) bond motifs is 2. The van der Waals surface area contributed by atoms with Gasteiger partial charge in [0, 0.05) is 40.7 Å². The van der Waals surface area contributed by atoms with Gasteiger partial charge in [0.1, 0.15) is 12.0 Å². The van der Waals surface area contributed by atoms with Gasteiger partial charge in [0.15, 0.2) is 11.5 Å². The molecule has 0 aliphatic carbocycles. The molecule has 6 rings (SSSR count). The largest absolute Gasteiger partial charge is 0.472 e. The van der Waals surface area contributed by atoms with Gasteiger partial charge in [-0.1, -0.05) is 0 Å². The average Bonchev–Trinajstić information content (AvgIpc) is 3.52. The molecule has 0 aliphatic heterocycles. The molecule has 0 aliphatic rings. The topological polar surface area (TPSA) is 122 Å². The summed E-state index contributed by atoms with van der Waals surface area (Å²) in [5, 5.41) is 8.36. The van der Waals surface area contributed by atoms with Gasteiger partial charge in [-0.25, -0.2) is 19.9 Å². The number of H-pyrrole nitrogens is 2. The van der Waals surface area contributed by atoms with Crippen molar-refractivity contribution in [3.8, 4) is 33.9 Å². The predicted molar refractivity (Wildman–Crippen MR) is 105 cm³/mol. The van der Waals surface area contributed by atoms with E-state index in [4.69, 9.17) is 4.42 Å². The van der Waals surface area contributed by atoms with E-state index < -0.39 is 0 Å². The Kier molecular flexibility index (Phi) is 3.27. The summed E-state index contributed by atoms with van der Waals surface area (Å²) in [6.07, 6.45) is 11.7. The zero-order valence-electron chi connectivity index (χ0n) is 14.9. The molecule has 0 saturated carbocycles. The Morgan fingerprint density at radius 1 is 0.966 bits per heavy atom. The van der Waals surface area contributed by atoms with Crippen LogP contribution in [0.25, 0.3) is 56.0 Å². The standard InChI is InChI=1S/C20H12N8O/c1-3-23-19-17(13(1)11-2-4-29-9-11)25-20(26-19)18-14-5-15(12-6-21-10-22-7-12)24-8-16(14)27-28-18/h1-10H,(H,27,28)(H,23,25,26). The Hall–Kier alpha value is -4.40. The maximum Gasteiger partial charge on any atom is 0.178 e. The molecule has 0 bridgehead atoms. The van der Waals surface area contributed by atoms with E-state index in [9.17, 15) is 0 Å². The summed E-state index contributed by atoms with van der Waals surface area (Å²) in [5.74, 6) is 0.621. The summed E-state index contributed by atoms with van der Waals surface area (Å²) < 4.78 is 5.22. The van der Waals surface area contributed by atoms with Crippen molar-refractivity contribution in [1.82, 2.24) is 40.1 Å². The molecule has 138 valence electrons. The van der Waals surface area contributed by atoms with Gasteiger partial charge in [0.25, 0.3) is 0 Å². The van der Waals surface area contributed by atoms with Crippen LogP contribution in [0.4, 0.5) is 0 Å². The van der Waals surface area contributed by atoms with Crippen molar-refractivity contribution in [3.05, 3.63) is 61.8 Å². The molecule has 0 aromatic carbocycles. The average molecular weight is 380 g/mol. The van der Waals surface area contributed by atoms with E-state index in [1.54, 1.807) is 37.3 Å². The lowest BCUT2D eigenvalue weighted by molar-refractivity contribution is 0.568. The molecule has 0 unspecified atom stereocenters. The number of hydrogen-bond donors (Lipinski definition) is 2. The molecule has 6 aromatic heterocycles. The molecule has 0 spiro atoms. The van der Waals surface area contributed by atoms with Crippen LogP contribution in [-0.4, -0.2) is 40.1 Å². The minimum Gasteiger partial charge on any atom is -0.472 e. The highest BCUT2D eigenvalue weighted by Gasteiger charge is 2.17. The second kappa shape index (κ2) is 6.06. The summed E-state index contributed by atoms with van der Waals surface area (Å²) in [6, 6.07) is 5.78. The van der Waals surface area contributed by atoms with Gasteiger partial charge in [-0.2, -0.15) is 5.10 Å². The molecule has 0 saturated heterocycles. The summed E-state index contributed by atoms with van der Waals surface area (Å²) in [7, 11) is 0. The van der Waals surface area contributed by atoms with E-state index in [2.05, 4.69) is 40.1 Å². The number of nitrogens with one attached hydrogen (secondary N) is 2. The van der Waals surface area contributed by atoms with Crippen molar-refractivity contribution < 1.29 is 4.42 Å². The summed E-state index contributed by atoms with van der Waals surface area (Å²) >= 11 is 0. The van der Waals surface area contributed by atoms with Gasteiger partial charge in [0.2, 0.25) is 0 Å². The number of hydrogen-bond acceptors (Lipinski definition) is 7. The Bertz CT molecular complexity index is 1450. The molecule has 0 amide bonds. The van der Waals surface area contributed by atoms with Crippen LogP contribution in [0.2, 0.25) is 0 Å². The maximum atomic E-state index is 5.22. The van der Waals surface area contributed by atoms with E-state index in [1.165, 1.54) is 6.33 Å². The summed E-state index contributed by atoms with van der Waals surface area (Å²) in [6.45, 7) is 0. The van der Waals surface area contributed by atoms with E-state index >= 15 is 0 Å². The summed E-state index contributed by atoms with van der Waals surface area (Å²) in [5.41, 5.74) is 6.44. The van der Waals surface area contributed by atoms with E-state index in [0.717, 1.165) is 38.8 Å². The maximum absolute atomic E-state index is 5.22. The molecule has 0 atom stereocenters. The molecular weight excluding hydrogens is 368 g/mol. The third-order valence-electron chi connectivity index (χ3n) is 4.75. The fourth-order valence-corrected chi connectivity index (χ4v) is 3.37. The van der Waals surface area contributed by atoms with E-state index in [0.29, 0.717) is 17.2 Å². The van der Waals surface area contributed by atoms with Gasteiger partial charge in [-0.05, 0) is 18.2 Å². The molecule has 6 aromatic rings. The van der Waals surface area contributed by atoms with Crippen LogP contribution < -0.4 is 0 Å². The molecule has 2 N–H and O–H groups in total. The van der Waals surface area contributed by atoms with E-state index in [1.807, 2.05) is 18.2 Å². The third kappa shape index (κ3) is 2.48. The molecular formula is C20H12N8O. The molecule has 29 heavy (non-hydrogen) atoms. The molecule has 0 radical (unpaired) electrons. The molecule has 0 fully saturated rings. The lowest BCUT2D eigenvalue weighted by Crippen LogP contribution is -1.87. The van der Waals surface area contributed by atoms with Gasteiger partial charge < -0.3 is 9.40 Å². The molecule has 9 nitrogen and oxygen atoms in total. The highest BCUT2D eigenvalue weighted by atomic mass is 16.3. The third-order valence-corrected chi connectivity index (χ3v) is 4.75. The van der Waals surface area contributed by atoms with Crippen molar-refractivity contribution in [2.45, 2.75) is 0 Å². The normalized spacial score (nSPS) is 11.4. The summed E-state index contributed by atoms with van der Waals surface area (Å²) in [4.78, 5) is 25.0. The second-order valence-electron chi connectivity index (χ2n) is 6.47. The number of aromatic amines is 2.